The third-order valence-electron chi connectivity index (χ3n) is 6.10. The number of unbranched alkanes of at least 4 members (excludes halogenated alkanes) is 1. The summed E-state index contributed by atoms with van der Waals surface area (Å²) in [4.78, 5) is 29.6. The Morgan fingerprint density at radius 1 is 1.16 bits per heavy atom. The standard InChI is InChI=1S/C22H34N4O4S/c1-4-7-13-23-21(27)16-26-20-15-17(31(29,30)24(5-2)6-3)11-12-18(20)25-14-9-8-10-19(25)22(26)28/h11-12,15,19H,4-10,13-14,16H2,1-3H3,(H,23,27)/t19-/m1/s1. The fourth-order valence-electron chi connectivity index (χ4n) is 4.38. The predicted molar refractivity (Wildman–Crippen MR) is 122 cm³/mol. The summed E-state index contributed by atoms with van der Waals surface area (Å²) in [6, 6.07) is 4.67. The maximum atomic E-state index is 13.3. The molecule has 31 heavy (non-hydrogen) atoms. The Morgan fingerprint density at radius 3 is 2.58 bits per heavy atom. The van der Waals surface area contributed by atoms with E-state index in [9.17, 15) is 18.0 Å². The molecule has 0 bridgehead atoms. The van der Waals surface area contributed by atoms with Gasteiger partial charge in [0.1, 0.15) is 12.6 Å². The quantitative estimate of drug-likeness (QED) is 0.583. The van der Waals surface area contributed by atoms with Crippen LogP contribution in [0.15, 0.2) is 23.1 Å². The summed E-state index contributed by atoms with van der Waals surface area (Å²) in [5, 5.41) is 2.86. The molecule has 1 N–H and O–H groups in total. The Hall–Kier alpha value is -2.13. The van der Waals surface area contributed by atoms with Gasteiger partial charge in [-0.3, -0.25) is 14.5 Å². The number of carbonyl (C=O) groups is 2. The molecule has 9 heteroatoms. The second-order valence-electron chi connectivity index (χ2n) is 8.07. The van der Waals surface area contributed by atoms with Gasteiger partial charge in [-0.1, -0.05) is 27.2 Å². The van der Waals surface area contributed by atoms with Gasteiger partial charge < -0.3 is 10.2 Å². The molecular weight excluding hydrogens is 416 g/mol. The van der Waals surface area contributed by atoms with E-state index in [0.717, 1.165) is 44.3 Å². The Labute approximate surface area is 185 Å². The van der Waals surface area contributed by atoms with Crippen LogP contribution in [-0.4, -0.2) is 63.3 Å². The van der Waals surface area contributed by atoms with Crippen LogP contribution in [0.3, 0.4) is 0 Å². The first-order valence-corrected chi connectivity index (χ1v) is 12.8. The number of anilines is 2. The second-order valence-corrected chi connectivity index (χ2v) is 10.0. The van der Waals surface area contributed by atoms with Gasteiger partial charge in [-0.15, -0.1) is 0 Å². The van der Waals surface area contributed by atoms with E-state index in [4.69, 9.17) is 0 Å². The van der Waals surface area contributed by atoms with Crippen molar-refractivity contribution in [3.8, 4) is 0 Å². The minimum atomic E-state index is -3.67. The van der Waals surface area contributed by atoms with Gasteiger partial charge in [0.2, 0.25) is 21.8 Å². The molecule has 2 aliphatic heterocycles. The van der Waals surface area contributed by atoms with Gasteiger partial charge in [-0.2, -0.15) is 4.31 Å². The number of benzene rings is 1. The maximum absolute atomic E-state index is 13.3. The van der Waals surface area contributed by atoms with E-state index in [1.165, 1.54) is 9.21 Å². The van der Waals surface area contributed by atoms with Gasteiger partial charge in [0.05, 0.1) is 16.3 Å². The van der Waals surface area contributed by atoms with E-state index >= 15 is 0 Å². The highest BCUT2D eigenvalue weighted by molar-refractivity contribution is 7.89. The smallest absolute Gasteiger partial charge is 0.250 e. The number of fused-ring (bicyclic) bond motifs is 3. The van der Waals surface area contributed by atoms with Crippen molar-refractivity contribution < 1.29 is 18.0 Å². The van der Waals surface area contributed by atoms with Crippen LogP contribution >= 0.6 is 0 Å². The first kappa shape index (κ1) is 23.5. The number of carbonyl (C=O) groups excluding carboxylic acids is 2. The van der Waals surface area contributed by atoms with Crippen molar-refractivity contribution in [3.05, 3.63) is 18.2 Å². The highest BCUT2D eigenvalue weighted by Crippen LogP contribution is 2.40. The first-order valence-electron chi connectivity index (χ1n) is 11.3. The minimum Gasteiger partial charge on any atom is -0.358 e. The normalized spacial score (nSPS) is 18.7. The molecular formula is C22H34N4O4S. The number of piperidine rings is 1. The Kier molecular flexibility index (Phi) is 7.59. The Bertz CT molecular complexity index is 914. The van der Waals surface area contributed by atoms with Crippen LogP contribution in [0.4, 0.5) is 11.4 Å². The summed E-state index contributed by atoms with van der Waals surface area (Å²) in [7, 11) is -3.67. The number of amides is 2. The van der Waals surface area contributed by atoms with Gasteiger partial charge in [0.25, 0.3) is 0 Å². The zero-order valence-corrected chi connectivity index (χ0v) is 19.6. The fourth-order valence-corrected chi connectivity index (χ4v) is 5.86. The van der Waals surface area contributed by atoms with E-state index in [-0.39, 0.29) is 29.3 Å². The molecule has 1 saturated heterocycles. The molecule has 0 radical (unpaired) electrons. The predicted octanol–water partition coefficient (Wildman–Crippen LogP) is 2.34. The molecule has 1 aromatic carbocycles. The lowest BCUT2D eigenvalue weighted by molar-refractivity contribution is -0.125. The third kappa shape index (κ3) is 4.72. The number of nitrogens with one attached hydrogen (secondary N) is 1. The Morgan fingerprint density at radius 2 is 1.90 bits per heavy atom. The van der Waals surface area contributed by atoms with Crippen molar-refractivity contribution >= 4 is 33.2 Å². The van der Waals surface area contributed by atoms with Crippen LogP contribution in [0.25, 0.3) is 0 Å². The highest BCUT2D eigenvalue weighted by Gasteiger charge is 2.40. The second kappa shape index (κ2) is 9.99. The van der Waals surface area contributed by atoms with Crippen molar-refractivity contribution in [3.63, 3.8) is 0 Å². The lowest BCUT2D eigenvalue weighted by Crippen LogP contribution is -2.57. The number of nitrogens with zero attached hydrogens (tertiary/aromatic N) is 3. The van der Waals surface area contributed by atoms with Crippen LogP contribution in [0.5, 0.6) is 0 Å². The molecule has 2 heterocycles. The maximum Gasteiger partial charge on any atom is 0.250 e. The van der Waals surface area contributed by atoms with E-state index < -0.39 is 10.0 Å². The number of hydrogen-bond donors (Lipinski definition) is 1. The summed E-state index contributed by atoms with van der Waals surface area (Å²) < 4.78 is 27.5. The molecule has 172 valence electrons. The van der Waals surface area contributed by atoms with Crippen LogP contribution in [0, 0.1) is 0 Å². The third-order valence-corrected chi connectivity index (χ3v) is 8.14. The molecule has 0 aromatic heterocycles. The first-order chi connectivity index (χ1) is 14.8. The molecule has 1 aromatic rings. The molecule has 1 fully saturated rings. The average Bonchev–Trinajstić information content (AvgIpc) is 2.77. The van der Waals surface area contributed by atoms with Gasteiger partial charge in [0, 0.05) is 26.2 Å². The fraction of sp³-hybridized carbons (Fsp3) is 0.636. The summed E-state index contributed by atoms with van der Waals surface area (Å²) >= 11 is 0. The molecule has 1 atom stereocenters. The number of hydrogen-bond acceptors (Lipinski definition) is 5. The summed E-state index contributed by atoms with van der Waals surface area (Å²) in [6.45, 7) is 7.60. The molecule has 0 unspecified atom stereocenters. The van der Waals surface area contributed by atoms with Gasteiger partial charge in [0.15, 0.2) is 0 Å². The van der Waals surface area contributed by atoms with Crippen LogP contribution in [0.1, 0.15) is 52.9 Å². The van der Waals surface area contributed by atoms with Crippen LogP contribution in [0.2, 0.25) is 0 Å². The minimum absolute atomic E-state index is 0.103. The van der Waals surface area contributed by atoms with Crippen molar-refractivity contribution in [2.45, 2.75) is 63.8 Å². The molecule has 0 spiro atoms. The van der Waals surface area contributed by atoms with Crippen LogP contribution < -0.4 is 15.1 Å². The highest BCUT2D eigenvalue weighted by atomic mass is 32.2. The lowest BCUT2D eigenvalue weighted by Gasteiger charge is -2.45. The van der Waals surface area contributed by atoms with E-state index in [2.05, 4.69) is 10.2 Å². The SMILES string of the molecule is CCCCNC(=O)CN1C(=O)[C@H]2CCCCN2c2ccc(S(=O)(=O)N(CC)CC)cc21. The average molecular weight is 451 g/mol. The van der Waals surface area contributed by atoms with Gasteiger partial charge in [-0.25, -0.2) is 8.42 Å². The van der Waals surface area contributed by atoms with Crippen molar-refractivity contribution in [2.24, 2.45) is 0 Å². The van der Waals surface area contributed by atoms with Gasteiger partial charge >= 0.3 is 0 Å². The molecule has 2 amide bonds. The van der Waals surface area contributed by atoms with Crippen LogP contribution in [-0.2, 0) is 19.6 Å². The zero-order valence-electron chi connectivity index (χ0n) is 18.8. The number of rotatable bonds is 9. The van der Waals surface area contributed by atoms with E-state index in [0.29, 0.717) is 25.3 Å². The Balaban J connectivity index is 2.00. The van der Waals surface area contributed by atoms with E-state index in [1.807, 2.05) is 6.92 Å². The molecule has 0 aliphatic carbocycles. The summed E-state index contributed by atoms with van der Waals surface area (Å²) in [5.41, 5.74) is 1.33. The van der Waals surface area contributed by atoms with Crippen molar-refractivity contribution in [1.29, 1.82) is 0 Å². The molecule has 8 nitrogen and oxygen atoms in total. The van der Waals surface area contributed by atoms with Crippen molar-refractivity contribution in [2.75, 3.05) is 42.5 Å². The topological polar surface area (TPSA) is 90.0 Å². The molecule has 0 saturated carbocycles. The summed E-state index contributed by atoms with van der Waals surface area (Å²) in [5.74, 6) is -0.357. The lowest BCUT2D eigenvalue weighted by atomic mass is 9.96. The largest absolute Gasteiger partial charge is 0.358 e. The molecule has 3 rings (SSSR count). The zero-order chi connectivity index (χ0) is 22.6. The number of sulfonamides is 1. The van der Waals surface area contributed by atoms with Gasteiger partial charge in [-0.05, 0) is 43.9 Å². The van der Waals surface area contributed by atoms with Crippen molar-refractivity contribution in [1.82, 2.24) is 9.62 Å². The summed E-state index contributed by atoms with van der Waals surface area (Å²) in [6.07, 6.45) is 4.54. The van der Waals surface area contributed by atoms with E-state index in [1.54, 1.807) is 32.0 Å². The molecule has 2 aliphatic rings. The monoisotopic (exact) mass is 450 g/mol.